The van der Waals surface area contributed by atoms with Gasteiger partial charge in [-0.3, -0.25) is 0 Å². The Labute approximate surface area is 209 Å². The fourth-order valence-corrected chi connectivity index (χ4v) is 6.91. The molecule has 0 bridgehead atoms. The number of fused-ring (bicyclic) bond motifs is 1. The SMILES string of the molecule is O=c1oc2cc(O)ccc2c(Cc2ccc(OCCN3CCC[I-]C3)cc2)c1-c1ccccc1. The predicted molar refractivity (Wildman–Crippen MR) is 130 cm³/mol. The molecule has 1 aliphatic rings. The smallest absolute Gasteiger partial charge is 0.0622 e. The number of hydrogen-bond donors (Lipinski definition) is 1. The van der Waals surface area contributed by atoms with Gasteiger partial charge in [-0.2, -0.15) is 0 Å². The van der Waals surface area contributed by atoms with Gasteiger partial charge in [-0.25, -0.2) is 4.79 Å². The molecule has 1 fully saturated rings. The molecule has 5 rings (SSSR count). The minimum atomic E-state index is -0.403. The van der Waals surface area contributed by atoms with E-state index >= 15 is 0 Å². The van der Waals surface area contributed by atoms with Crippen LogP contribution in [0.3, 0.4) is 0 Å². The molecule has 1 N–H and O–H groups in total. The van der Waals surface area contributed by atoms with Gasteiger partial charge in [0.25, 0.3) is 0 Å². The molecular formula is C28H27INO4-. The Kier molecular flexibility index (Phi) is 7.16. The third-order valence-corrected chi connectivity index (χ3v) is 9.01. The Balaban J connectivity index is 1.40. The van der Waals surface area contributed by atoms with Gasteiger partial charge in [0.1, 0.15) is 11.3 Å². The first-order valence-corrected chi connectivity index (χ1v) is 14.5. The van der Waals surface area contributed by atoms with Crippen LogP contribution in [0, 0.1) is 0 Å². The van der Waals surface area contributed by atoms with Gasteiger partial charge in [0.05, 0.1) is 0 Å². The van der Waals surface area contributed by atoms with Crippen molar-refractivity contribution in [2.45, 2.75) is 12.8 Å². The second-order valence-electron chi connectivity index (χ2n) is 8.43. The molecule has 2 heterocycles. The summed E-state index contributed by atoms with van der Waals surface area (Å²) in [6, 6.07) is 22.6. The van der Waals surface area contributed by atoms with Crippen LogP contribution in [0.4, 0.5) is 0 Å². The average molecular weight is 568 g/mol. The van der Waals surface area contributed by atoms with E-state index in [0.29, 0.717) is 45.4 Å². The minimum Gasteiger partial charge on any atom is -0.0622 e. The fraction of sp³-hybridized carbons (Fsp3) is 0.250. The number of rotatable bonds is 7. The monoisotopic (exact) mass is 568 g/mol. The zero-order valence-electron chi connectivity index (χ0n) is 18.9. The van der Waals surface area contributed by atoms with Crippen molar-refractivity contribution >= 4 is 11.0 Å². The van der Waals surface area contributed by atoms with Crippen molar-refractivity contribution in [1.82, 2.24) is 4.90 Å². The molecule has 0 radical (unpaired) electrons. The van der Waals surface area contributed by atoms with Crippen LogP contribution in [0.1, 0.15) is 17.5 Å². The molecule has 1 saturated heterocycles. The zero-order valence-corrected chi connectivity index (χ0v) is 21.0. The third-order valence-electron chi connectivity index (χ3n) is 6.04. The summed E-state index contributed by atoms with van der Waals surface area (Å²) < 4.78 is 14.3. The van der Waals surface area contributed by atoms with Crippen molar-refractivity contribution < 1.29 is 35.5 Å². The second kappa shape index (κ2) is 10.6. The van der Waals surface area contributed by atoms with Crippen LogP contribution in [0.25, 0.3) is 22.1 Å². The van der Waals surface area contributed by atoms with Gasteiger partial charge >= 0.3 is 130 Å². The van der Waals surface area contributed by atoms with Crippen molar-refractivity contribution in [3.05, 3.63) is 94.3 Å². The standard InChI is InChI=1S/C28H27INO4/c31-22-9-12-24-25(27(21-5-2-1-3-6-21)28(32)34-26(24)18-22)17-20-7-10-23(11-8-20)33-16-15-30-14-4-13-29-19-30/h1-3,5-12,18,31H,4,13-17,19H2/q-1. The van der Waals surface area contributed by atoms with Crippen molar-refractivity contribution in [1.29, 1.82) is 0 Å². The summed E-state index contributed by atoms with van der Waals surface area (Å²) in [5.74, 6) is 0.933. The van der Waals surface area contributed by atoms with Gasteiger partial charge in [-0.15, -0.1) is 0 Å². The first-order valence-electron chi connectivity index (χ1n) is 11.5. The number of nitrogens with zero attached hydrogens (tertiary/aromatic N) is 1. The molecule has 5 nitrogen and oxygen atoms in total. The van der Waals surface area contributed by atoms with E-state index in [1.165, 1.54) is 28.0 Å². The van der Waals surface area contributed by atoms with E-state index in [4.69, 9.17) is 9.15 Å². The molecule has 0 atom stereocenters. The third kappa shape index (κ3) is 5.28. The molecule has 0 saturated carbocycles. The van der Waals surface area contributed by atoms with E-state index in [0.717, 1.165) is 34.4 Å². The van der Waals surface area contributed by atoms with Crippen molar-refractivity contribution in [3.8, 4) is 22.6 Å². The summed E-state index contributed by atoms with van der Waals surface area (Å²) in [5.41, 5.74) is 3.33. The summed E-state index contributed by atoms with van der Waals surface area (Å²) in [4.78, 5) is 15.5. The molecule has 4 aromatic rings. The molecule has 1 aliphatic heterocycles. The fourth-order valence-electron chi connectivity index (χ4n) is 4.32. The number of hydrogen-bond acceptors (Lipinski definition) is 5. The van der Waals surface area contributed by atoms with Crippen LogP contribution in [0.5, 0.6) is 11.5 Å². The molecule has 6 heteroatoms. The van der Waals surface area contributed by atoms with E-state index in [1.54, 1.807) is 6.07 Å². The van der Waals surface area contributed by atoms with E-state index in [-0.39, 0.29) is 5.75 Å². The number of aromatic hydroxyl groups is 1. The first-order chi connectivity index (χ1) is 16.7. The summed E-state index contributed by atoms with van der Waals surface area (Å²) in [6.45, 7) is 2.89. The summed E-state index contributed by atoms with van der Waals surface area (Å²) in [6.07, 6.45) is 1.90. The molecular weight excluding hydrogens is 541 g/mol. The minimum absolute atomic E-state index is 0.0713. The van der Waals surface area contributed by atoms with Gasteiger partial charge in [0.15, 0.2) is 0 Å². The number of alkyl halides is 2. The van der Waals surface area contributed by atoms with Gasteiger partial charge < -0.3 is 9.52 Å². The van der Waals surface area contributed by atoms with Crippen LogP contribution in [-0.4, -0.2) is 38.7 Å². The first kappa shape index (κ1) is 22.9. The van der Waals surface area contributed by atoms with Crippen molar-refractivity contribution in [2.24, 2.45) is 0 Å². The van der Waals surface area contributed by atoms with Crippen molar-refractivity contribution in [2.75, 3.05) is 28.7 Å². The van der Waals surface area contributed by atoms with E-state index < -0.39 is 5.63 Å². The number of benzene rings is 3. The van der Waals surface area contributed by atoms with Crippen LogP contribution < -0.4 is 31.6 Å². The molecule has 0 unspecified atom stereocenters. The Morgan fingerprint density at radius 2 is 1.85 bits per heavy atom. The summed E-state index contributed by atoms with van der Waals surface area (Å²) in [7, 11) is 0. The number of phenols is 1. The predicted octanol–water partition coefficient (Wildman–Crippen LogP) is 1.89. The number of phenolic OH excluding ortho intramolecular Hbond substituents is 1. The Morgan fingerprint density at radius 3 is 2.62 bits per heavy atom. The van der Waals surface area contributed by atoms with Crippen LogP contribution in [-0.2, 0) is 6.42 Å². The maximum atomic E-state index is 13.0. The summed E-state index contributed by atoms with van der Waals surface area (Å²) >= 11 is 0.362. The van der Waals surface area contributed by atoms with Crippen molar-refractivity contribution in [3.63, 3.8) is 0 Å². The number of halogens is 1. The zero-order chi connectivity index (χ0) is 23.3. The van der Waals surface area contributed by atoms with E-state index in [2.05, 4.69) is 17.0 Å². The molecule has 3 aromatic carbocycles. The van der Waals surface area contributed by atoms with Gasteiger partial charge in [0.2, 0.25) is 0 Å². The molecule has 0 spiro atoms. The van der Waals surface area contributed by atoms with E-state index in [1.807, 2.05) is 48.5 Å². The Bertz CT molecular complexity index is 1310. The van der Waals surface area contributed by atoms with Gasteiger partial charge in [-0.05, 0) is 17.7 Å². The van der Waals surface area contributed by atoms with Gasteiger partial charge in [0, 0.05) is 6.07 Å². The Morgan fingerprint density at radius 1 is 1.03 bits per heavy atom. The molecule has 34 heavy (non-hydrogen) atoms. The average Bonchev–Trinajstić information content (AvgIpc) is 2.86. The molecule has 0 aliphatic carbocycles. The summed E-state index contributed by atoms with van der Waals surface area (Å²) in [5, 5.41) is 10.7. The normalized spacial score (nSPS) is 14.6. The van der Waals surface area contributed by atoms with Crippen LogP contribution >= 0.6 is 0 Å². The molecule has 1 aromatic heterocycles. The Hall–Kier alpha value is -2.84. The number of ether oxygens (including phenoxy) is 1. The van der Waals surface area contributed by atoms with E-state index in [9.17, 15) is 9.90 Å². The maximum absolute atomic E-state index is 13.0. The van der Waals surface area contributed by atoms with Crippen LogP contribution in [0.15, 0.2) is 82.0 Å². The van der Waals surface area contributed by atoms with Gasteiger partial charge in [-0.1, -0.05) is 30.3 Å². The topological polar surface area (TPSA) is 62.9 Å². The molecule has 176 valence electrons. The molecule has 0 amide bonds. The second-order valence-corrected chi connectivity index (χ2v) is 11.3. The quantitative estimate of drug-likeness (QED) is 0.160. The van der Waals surface area contributed by atoms with Crippen LogP contribution in [0.2, 0.25) is 0 Å².